The number of amides is 1. The Morgan fingerprint density at radius 1 is 1.19 bits per heavy atom. The van der Waals surface area contributed by atoms with E-state index < -0.39 is 0 Å². The van der Waals surface area contributed by atoms with Gasteiger partial charge in [-0.05, 0) is 56.7 Å². The Bertz CT molecular complexity index is 949. The second kappa shape index (κ2) is 8.39. The summed E-state index contributed by atoms with van der Waals surface area (Å²) in [6, 6.07) is 15.2. The van der Waals surface area contributed by atoms with E-state index in [-0.39, 0.29) is 5.91 Å². The zero-order valence-electron chi connectivity index (χ0n) is 15.6. The van der Waals surface area contributed by atoms with Crippen molar-refractivity contribution in [3.63, 3.8) is 0 Å². The molecule has 0 fully saturated rings. The highest BCUT2D eigenvalue weighted by Crippen LogP contribution is 2.22. The van der Waals surface area contributed by atoms with Gasteiger partial charge in [0.25, 0.3) is 5.91 Å². The van der Waals surface area contributed by atoms with Crippen molar-refractivity contribution in [2.75, 3.05) is 11.9 Å². The quantitative estimate of drug-likeness (QED) is 0.580. The monoisotopic (exact) mass is 427 g/mol. The average molecular weight is 428 g/mol. The first-order valence-electron chi connectivity index (χ1n) is 8.86. The van der Waals surface area contributed by atoms with Gasteiger partial charge in [0.05, 0.1) is 29.2 Å². The first-order valence-corrected chi connectivity index (χ1v) is 9.65. The molecule has 5 nitrogen and oxygen atoms in total. The van der Waals surface area contributed by atoms with E-state index in [9.17, 15) is 4.79 Å². The Kier molecular flexibility index (Phi) is 5.96. The minimum absolute atomic E-state index is 0.180. The third kappa shape index (κ3) is 4.39. The van der Waals surface area contributed by atoms with Crippen LogP contribution in [-0.2, 0) is 0 Å². The van der Waals surface area contributed by atoms with E-state index in [1.807, 2.05) is 62.4 Å². The molecule has 0 aliphatic rings. The average Bonchev–Trinajstić information content (AvgIpc) is 2.95. The Balaban J connectivity index is 1.84. The number of carbonyl (C=O) groups is 1. The van der Waals surface area contributed by atoms with Crippen molar-refractivity contribution in [2.24, 2.45) is 0 Å². The van der Waals surface area contributed by atoms with Crippen LogP contribution in [-0.4, -0.2) is 22.3 Å². The number of aryl methyl sites for hydroxylation is 1. The molecule has 3 rings (SSSR count). The number of nitrogens with zero attached hydrogens (tertiary/aromatic N) is 2. The van der Waals surface area contributed by atoms with Crippen molar-refractivity contribution in [3.8, 4) is 11.4 Å². The van der Waals surface area contributed by atoms with Gasteiger partial charge in [-0.3, -0.25) is 4.79 Å². The van der Waals surface area contributed by atoms with Gasteiger partial charge in [0, 0.05) is 16.2 Å². The normalized spacial score (nSPS) is 10.7. The molecular weight excluding hydrogens is 406 g/mol. The molecule has 2 aromatic carbocycles. The van der Waals surface area contributed by atoms with Gasteiger partial charge in [-0.15, -0.1) is 0 Å². The maximum Gasteiger partial charge on any atom is 0.259 e. The number of benzene rings is 2. The molecule has 1 aromatic heterocycles. The smallest absolute Gasteiger partial charge is 0.259 e. The minimum Gasteiger partial charge on any atom is -0.494 e. The highest BCUT2D eigenvalue weighted by atomic mass is 79.9. The fraction of sp³-hybridized carbons (Fsp3) is 0.238. The van der Waals surface area contributed by atoms with Crippen molar-refractivity contribution in [1.29, 1.82) is 0 Å². The molecule has 0 saturated heterocycles. The van der Waals surface area contributed by atoms with Crippen LogP contribution in [0.15, 0.2) is 53.0 Å². The maximum absolute atomic E-state index is 12.9. The summed E-state index contributed by atoms with van der Waals surface area (Å²) in [7, 11) is 0. The summed E-state index contributed by atoms with van der Waals surface area (Å²) in [5.74, 6) is 0.564. The molecule has 0 aliphatic heterocycles. The lowest BCUT2D eigenvalue weighted by molar-refractivity contribution is 0.102. The lowest BCUT2D eigenvalue weighted by atomic mass is 10.1. The number of nitrogens with one attached hydrogen (secondary N) is 1. The Morgan fingerprint density at radius 3 is 2.63 bits per heavy atom. The van der Waals surface area contributed by atoms with Crippen LogP contribution < -0.4 is 10.1 Å². The summed E-state index contributed by atoms with van der Waals surface area (Å²) < 4.78 is 8.42. The Hall–Kier alpha value is -2.60. The first-order chi connectivity index (χ1) is 13.0. The van der Waals surface area contributed by atoms with Gasteiger partial charge in [0.2, 0.25) is 0 Å². The van der Waals surface area contributed by atoms with E-state index in [1.54, 1.807) is 4.68 Å². The molecule has 1 amide bonds. The van der Waals surface area contributed by atoms with Crippen LogP contribution in [0.2, 0.25) is 0 Å². The van der Waals surface area contributed by atoms with Crippen molar-refractivity contribution in [3.05, 3.63) is 70.0 Å². The lowest BCUT2D eigenvalue weighted by Crippen LogP contribution is -2.14. The van der Waals surface area contributed by atoms with Crippen LogP contribution in [0.4, 0.5) is 5.69 Å². The topological polar surface area (TPSA) is 56.1 Å². The second-order valence-electron chi connectivity index (χ2n) is 6.26. The lowest BCUT2D eigenvalue weighted by Gasteiger charge is -2.09. The van der Waals surface area contributed by atoms with Gasteiger partial charge in [-0.2, -0.15) is 5.10 Å². The summed E-state index contributed by atoms with van der Waals surface area (Å²) in [5.41, 5.74) is 3.67. The third-order valence-electron chi connectivity index (χ3n) is 4.15. The number of ether oxygens (including phenoxy) is 1. The van der Waals surface area contributed by atoms with Gasteiger partial charge in [-0.1, -0.05) is 28.9 Å². The summed E-state index contributed by atoms with van der Waals surface area (Å²) in [6.45, 7) is 6.45. The summed E-state index contributed by atoms with van der Waals surface area (Å²) in [5, 5.41) is 7.50. The van der Waals surface area contributed by atoms with E-state index in [4.69, 9.17) is 4.74 Å². The highest BCUT2D eigenvalue weighted by molar-refractivity contribution is 9.10. The second-order valence-corrected chi connectivity index (χ2v) is 7.18. The summed E-state index contributed by atoms with van der Waals surface area (Å²) in [6.07, 6.45) is 0.935. The fourth-order valence-electron chi connectivity index (χ4n) is 2.88. The van der Waals surface area contributed by atoms with Gasteiger partial charge >= 0.3 is 0 Å². The molecule has 0 aliphatic carbocycles. The number of carbonyl (C=O) groups excluding carboxylic acids is 1. The molecule has 0 saturated carbocycles. The number of hydrogen-bond donors (Lipinski definition) is 1. The number of aromatic nitrogens is 2. The maximum atomic E-state index is 12.9. The number of rotatable bonds is 6. The largest absolute Gasteiger partial charge is 0.494 e. The van der Waals surface area contributed by atoms with E-state index >= 15 is 0 Å². The predicted molar refractivity (Wildman–Crippen MR) is 111 cm³/mol. The molecule has 6 heteroatoms. The van der Waals surface area contributed by atoms with E-state index in [0.717, 1.165) is 28.0 Å². The van der Waals surface area contributed by atoms with Crippen molar-refractivity contribution >= 4 is 27.5 Å². The number of anilines is 1. The van der Waals surface area contributed by atoms with Crippen LogP contribution >= 0.6 is 15.9 Å². The highest BCUT2D eigenvalue weighted by Gasteiger charge is 2.19. The predicted octanol–water partition coefficient (Wildman–Crippen LogP) is 5.29. The molecular formula is C21H22BrN3O2. The first kappa shape index (κ1) is 19.2. The minimum atomic E-state index is -0.180. The van der Waals surface area contributed by atoms with Crippen LogP contribution in [0.1, 0.15) is 35.1 Å². The van der Waals surface area contributed by atoms with Gasteiger partial charge < -0.3 is 10.1 Å². The van der Waals surface area contributed by atoms with Gasteiger partial charge in [-0.25, -0.2) is 4.68 Å². The molecule has 1 N–H and O–H groups in total. The van der Waals surface area contributed by atoms with E-state index in [1.165, 1.54) is 0 Å². The van der Waals surface area contributed by atoms with Crippen LogP contribution in [0.25, 0.3) is 5.69 Å². The Labute approximate surface area is 167 Å². The molecule has 0 unspecified atom stereocenters. The molecule has 140 valence electrons. The third-order valence-corrected chi connectivity index (χ3v) is 4.68. The van der Waals surface area contributed by atoms with Crippen LogP contribution in [0.5, 0.6) is 5.75 Å². The van der Waals surface area contributed by atoms with Crippen molar-refractivity contribution in [2.45, 2.75) is 27.2 Å². The zero-order valence-corrected chi connectivity index (χ0v) is 17.2. The van der Waals surface area contributed by atoms with Gasteiger partial charge in [0.15, 0.2) is 0 Å². The van der Waals surface area contributed by atoms with Crippen molar-refractivity contribution in [1.82, 2.24) is 9.78 Å². The Morgan fingerprint density at radius 2 is 1.93 bits per heavy atom. The molecule has 3 aromatic rings. The molecule has 0 radical (unpaired) electrons. The van der Waals surface area contributed by atoms with E-state index in [0.29, 0.717) is 23.6 Å². The van der Waals surface area contributed by atoms with Crippen molar-refractivity contribution < 1.29 is 9.53 Å². The van der Waals surface area contributed by atoms with Gasteiger partial charge in [0.1, 0.15) is 5.75 Å². The summed E-state index contributed by atoms with van der Waals surface area (Å²) in [4.78, 5) is 12.9. The molecule has 0 bridgehead atoms. The number of hydrogen-bond acceptors (Lipinski definition) is 3. The molecule has 0 atom stereocenters. The molecule has 0 spiro atoms. The van der Waals surface area contributed by atoms with Crippen LogP contribution in [0, 0.1) is 13.8 Å². The number of halogens is 1. The zero-order chi connectivity index (χ0) is 19.4. The SMILES string of the molecule is CCCOc1cccc(NC(=O)c2c(C)nn(-c3ccc(Br)cc3)c2C)c1. The van der Waals surface area contributed by atoms with Crippen LogP contribution in [0.3, 0.4) is 0 Å². The standard InChI is InChI=1S/C21H22BrN3O2/c1-4-12-27-19-7-5-6-17(13-19)23-21(26)20-14(2)24-25(15(20)3)18-10-8-16(22)9-11-18/h5-11,13H,4,12H2,1-3H3,(H,23,26). The summed E-state index contributed by atoms with van der Waals surface area (Å²) >= 11 is 3.43. The fourth-order valence-corrected chi connectivity index (χ4v) is 3.15. The van der Waals surface area contributed by atoms with E-state index in [2.05, 4.69) is 33.3 Å². The molecule has 27 heavy (non-hydrogen) atoms. The molecule has 1 heterocycles.